The summed E-state index contributed by atoms with van der Waals surface area (Å²) < 4.78 is 3.44. The van der Waals surface area contributed by atoms with Crippen molar-refractivity contribution in [1.82, 2.24) is 19.7 Å². The van der Waals surface area contributed by atoms with Crippen molar-refractivity contribution in [1.29, 1.82) is 0 Å². The summed E-state index contributed by atoms with van der Waals surface area (Å²) >= 11 is 5.43. The van der Waals surface area contributed by atoms with Crippen LogP contribution in [-0.2, 0) is 7.05 Å². The van der Waals surface area contributed by atoms with Crippen LogP contribution < -0.4 is 9.03 Å². The molecule has 5 nitrogen and oxygen atoms in total. The molecule has 2 radical (unpaired) electrons. The molecule has 2 aromatic heterocycles. The number of aromatic nitrogens is 4. The number of aryl methyl sites for hydroxylation is 1. The van der Waals surface area contributed by atoms with Crippen LogP contribution in [0.25, 0.3) is 0 Å². The zero-order valence-electron chi connectivity index (χ0n) is 17.8. The van der Waals surface area contributed by atoms with E-state index in [0.29, 0.717) is 14.5 Å². The molecule has 0 amide bonds. The molecular formula is C21H34ClN5Sn. The van der Waals surface area contributed by atoms with Crippen LogP contribution in [0.3, 0.4) is 0 Å². The van der Waals surface area contributed by atoms with E-state index in [9.17, 15) is 0 Å². The summed E-state index contributed by atoms with van der Waals surface area (Å²) in [6, 6.07) is 3.92. The van der Waals surface area contributed by atoms with E-state index in [2.05, 4.69) is 36.2 Å². The SMILES string of the molecule is CCCC[C](CCCC)(CCCC)[Sn][c]1cc(Cl)nc(Nc2ccn(C)n2)n1. The van der Waals surface area contributed by atoms with Gasteiger partial charge in [0.05, 0.1) is 0 Å². The van der Waals surface area contributed by atoms with Gasteiger partial charge in [-0.1, -0.05) is 0 Å². The Labute approximate surface area is 185 Å². The molecule has 0 saturated carbocycles. The Hall–Kier alpha value is -0.821. The van der Waals surface area contributed by atoms with Crippen LogP contribution in [0.2, 0.25) is 8.58 Å². The second kappa shape index (κ2) is 12.0. The van der Waals surface area contributed by atoms with Gasteiger partial charge in [0.15, 0.2) is 0 Å². The first kappa shape index (κ1) is 23.5. The molecule has 1 N–H and O–H groups in total. The van der Waals surface area contributed by atoms with Crippen LogP contribution in [-0.4, -0.2) is 40.9 Å². The summed E-state index contributed by atoms with van der Waals surface area (Å²) in [4.78, 5) is 9.24. The van der Waals surface area contributed by atoms with Crippen LogP contribution in [0.1, 0.15) is 78.6 Å². The first-order valence-electron chi connectivity index (χ1n) is 10.6. The summed E-state index contributed by atoms with van der Waals surface area (Å²) in [6.45, 7) is 6.89. The molecule has 0 fully saturated rings. The van der Waals surface area contributed by atoms with E-state index in [-0.39, 0.29) is 0 Å². The van der Waals surface area contributed by atoms with Gasteiger partial charge >= 0.3 is 186 Å². The van der Waals surface area contributed by atoms with E-state index in [1.165, 1.54) is 61.5 Å². The average Bonchev–Trinajstić information content (AvgIpc) is 3.07. The normalized spacial score (nSPS) is 11.8. The maximum atomic E-state index is 6.37. The molecular weight excluding hydrogens is 476 g/mol. The quantitative estimate of drug-likeness (QED) is 0.279. The van der Waals surface area contributed by atoms with Crippen LogP contribution in [0.4, 0.5) is 11.8 Å². The van der Waals surface area contributed by atoms with Crippen LogP contribution in [0.5, 0.6) is 0 Å². The predicted molar refractivity (Wildman–Crippen MR) is 120 cm³/mol. The molecule has 0 aromatic carbocycles. The third kappa shape index (κ3) is 7.54. The molecule has 2 heterocycles. The predicted octanol–water partition coefficient (Wildman–Crippen LogP) is 5.67. The van der Waals surface area contributed by atoms with Crippen molar-refractivity contribution < 1.29 is 0 Å². The van der Waals surface area contributed by atoms with E-state index in [1.54, 1.807) is 4.68 Å². The second-order valence-electron chi connectivity index (χ2n) is 7.62. The molecule has 28 heavy (non-hydrogen) atoms. The summed E-state index contributed by atoms with van der Waals surface area (Å²) in [6.07, 6.45) is 13.6. The number of unbranched alkanes of at least 4 members (excludes halogenated alkanes) is 3. The number of hydrogen-bond donors (Lipinski definition) is 1. The first-order valence-corrected chi connectivity index (χ1v) is 13.8. The van der Waals surface area contributed by atoms with E-state index < -0.39 is 21.1 Å². The molecule has 7 heteroatoms. The molecule has 2 rings (SSSR count). The van der Waals surface area contributed by atoms with E-state index in [0.717, 1.165) is 5.82 Å². The van der Waals surface area contributed by atoms with E-state index in [1.807, 2.05) is 25.4 Å². The van der Waals surface area contributed by atoms with Gasteiger partial charge in [-0.25, -0.2) is 0 Å². The summed E-state index contributed by atoms with van der Waals surface area (Å²) in [7, 11) is 1.90. The minimum absolute atomic E-state index is 0.478. The number of hydrogen-bond acceptors (Lipinski definition) is 4. The maximum absolute atomic E-state index is 6.37. The molecule has 0 aliphatic carbocycles. The van der Waals surface area contributed by atoms with Gasteiger partial charge in [-0.2, -0.15) is 0 Å². The van der Waals surface area contributed by atoms with Crippen molar-refractivity contribution in [2.45, 2.75) is 82.0 Å². The number of anilines is 2. The Balaban J connectivity index is 2.24. The van der Waals surface area contributed by atoms with Crippen LogP contribution >= 0.6 is 11.6 Å². The Bertz CT molecular complexity index is 697. The van der Waals surface area contributed by atoms with Gasteiger partial charge < -0.3 is 0 Å². The molecule has 0 bridgehead atoms. The Morgan fingerprint density at radius 1 is 1.04 bits per heavy atom. The van der Waals surface area contributed by atoms with Gasteiger partial charge in [0, 0.05) is 0 Å². The molecule has 2 aromatic rings. The molecule has 0 aliphatic heterocycles. The van der Waals surface area contributed by atoms with Crippen molar-refractivity contribution >= 4 is 48.2 Å². The summed E-state index contributed by atoms with van der Waals surface area (Å²) in [5.74, 6) is 1.31. The van der Waals surface area contributed by atoms with E-state index >= 15 is 0 Å². The van der Waals surface area contributed by atoms with Crippen molar-refractivity contribution in [3.63, 3.8) is 0 Å². The zero-order valence-corrected chi connectivity index (χ0v) is 21.4. The van der Waals surface area contributed by atoms with E-state index in [4.69, 9.17) is 16.6 Å². The van der Waals surface area contributed by atoms with Crippen LogP contribution in [0, 0.1) is 0 Å². The standard InChI is InChI=1S/C13H27.C8H7ClN5.Sn/c1-4-7-10-13(11-8-5-2)12-9-6-3;1-14-5-3-7(13-14)12-8-10-4-2-6(9)11-8;/h4-12H2,1-3H3;2-3,5H,1H3,(H,10,11,12,13);. The fraction of sp³-hybridized carbons (Fsp3) is 0.667. The molecule has 0 atom stereocenters. The van der Waals surface area contributed by atoms with Crippen LogP contribution in [0.15, 0.2) is 18.3 Å². The van der Waals surface area contributed by atoms with Gasteiger partial charge in [0.1, 0.15) is 0 Å². The van der Waals surface area contributed by atoms with Crippen molar-refractivity contribution in [2.24, 2.45) is 7.05 Å². The number of rotatable bonds is 13. The monoisotopic (exact) mass is 511 g/mol. The van der Waals surface area contributed by atoms with Crippen molar-refractivity contribution in [2.75, 3.05) is 5.32 Å². The average molecular weight is 511 g/mol. The second-order valence-corrected chi connectivity index (χ2v) is 13.2. The topological polar surface area (TPSA) is 55.6 Å². The fourth-order valence-electron chi connectivity index (χ4n) is 3.51. The molecule has 0 unspecified atom stereocenters. The fourth-order valence-corrected chi connectivity index (χ4v) is 9.15. The Kier molecular flexibility index (Phi) is 10.1. The molecule has 0 saturated heterocycles. The number of halogens is 1. The zero-order chi connectivity index (χ0) is 20.4. The Morgan fingerprint density at radius 3 is 2.14 bits per heavy atom. The first-order chi connectivity index (χ1) is 13.5. The molecule has 0 aliphatic rings. The molecule has 0 spiro atoms. The van der Waals surface area contributed by atoms with Crippen molar-refractivity contribution in [3.05, 3.63) is 23.5 Å². The van der Waals surface area contributed by atoms with Gasteiger partial charge in [-0.3, -0.25) is 0 Å². The number of nitrogens with zero attached hydrogens (tertiary/aromatic N) is 4. The third-order valence-corrected chi connectivity index (χ3v) is 10.4. The number of nitrogens with one attached hydrogen (secondary N) is 1. The summed E-state index contributed by atoms with van der Waals surface area (Å²) in [5, 5.41) is 8.10. The minimum atomic E-state index is -0.942. The third-order valence-electron chi connectivity index (χ3n) is 5.07. The molecule has 154 valence electrons. The Morgan fingerprint density at radius 2 is 1.64 bits per heavy atom. The van der Waals surface area contributed by atoms with Gasteiger partial charge in [0.2, 0.25) is 0 Å². The summed E-state index contributed by atoms with van der Waals surface area (Å²) in [5.41, 5.74) is 0. The van der Waals surface area contributed by atoms with Gasteiger partial charge in [-0.05, 0) is 0 Å². The van der Waals surface area contributed by atoms with Crippen molar-refractivity contribution in [3.8, 4) is 0 Å². The van der Waals surface area contributed by atoms with Gasteiger partial charge in [-0.15, -0.1) is 0 Å². The van der Waals surface area contributed by atoms with Gasteiger partial charge in [0.25, 0.3) is 0 Å².